The number of ether oxygens (including phenoxy) is 2. The van der Waals surface area contributed by atoms with Gasteiger partial charge in [0.05, 0.1) is 0 Å². The van der Waals surface area contributed by atoms with Gasteiger partial charge in [-0.05, 0) is 108 Å². The monoisotopic (exact) mass is 940 g/mol. The van der Waals surface area contributed by atoms with Crippen molar-refractivity contribution in [2.24, 2.45) is 0 Å². The van der Waals surface area contributed by atoms with E-state index >= 15 is 0 Å². The summed E-state index contributed by atoms with van der Waals surface area (Å²) in [6, 6.07) is 26.0. The second-order valence-electron chi connectivity index (χ2n) is 18.1. The van der Waals surface area contributed by atoms with Crippen LogP contribution in [0, 0.1) is 22.7 Å². The van der Waals surface area contributed by atoms with E-state index in [9.17, 15) is 39.3 Å². The second kappa shape index (κ2) is 17.4. The predicted molar refractivity (Wildman–Crippen MR) is 255 cm³/mol. The topological polar surface area (TPSA) is 175 Å². The van der Waals surface area contributed by atoms with Crippen LogP contribution in [0.3, 0.4) is 0 Å². The van der Waals surface area contributed by atoms with Gasteiger partial charge in [-0.3, -0.25) is 19.2 Å². The quantitative estimate of drug-likeness (QED) is 0.134. The minimum atomic E-state index is -1.15. The molecule has 2 aromatic carbocycles. The Morgan fingerprint density at radius 2 is 0.956 bits per heavy atom. The highest BCUT2D eigenvalue weighted by molar-refractivity contribution is 7.16. The van der Waals surface area contributed by atoms with E-state index in [2.05, 4.69) is 12.1 Å². The van der Waals surface area contributed by atoms with Crippen LogP contribution in [-0.2, 0) is 52.7 Å². The standard InChI is InChI=1S/C54H44N4O8S2/c1-31-37(47(59)57(49(61)39(31)27-55)51(63)65-29-33-15-7-3-8-16-33)23-35-25-41-45(67-35)43-44(53(41)19-11-5-12-20-53)46-42(54(43)21-13-6-14-22-54)26-36(68-46)24-38-32(2)40(28-56)50(62)58(48(38)60)52(64)66-30-34-17-9-4-10-18-34/h3-4,7-10,15-18,23-26H,5-6,11-14,19-22,29-30H2,1-2H3/b37-23+,38-24+. The van der Waals surface area contributed by atoms with E-state index < -0.39 is 35.8 Å². The van der Waals surface area contributed by atoms with Crippen LogP contribution in [0.15, 0.2) is 106 Å². The van der Waals surface area contributed by atoms with Gasteiger partial charge < -0.3 is 9.47 Å². The van der Waals surface area contributed by atoms with Gasteiger partial charge in [0, 0.05) is 41.5 Å². The van der Waals surface area contributed by atoms with E-state index in [1.54, 1.807) is 97.2 Å². The van der Waals surface area contributed by atoms with Gasteiger partial charge >= 0.3 is 12.2 Å². The molecular weight excluding hydrogens is 897 g/mol. The number of carbonyl (C=O) groups is 6. The summed E-state index contributed by atoms with van der Waals surface area (Å²) < 4.78 is 10.8. The van der Waals surface area contributed by atoms with Crippen molar-refractivity contribution in [3.8, 4) is 12.1 Å². The van der Waals surface area contributed by atoms with Gasteiger partial charge in [0.15, 0.2) is 0 Å². The van der Waals surface area contributed by atoms with Crippen molar-refractivity contribution >= 4 is 81.8 Å². The predicted octanol–water partition coefficient (Wildman–Crippen LogP) is 11.0. The van der Waals surface area contributed by atoms with Crippen LogP contribution in [0.5, 0.6) is 0 Å². The Morgan fingerprint density at radius 1 is 0.588 bits per heavy atom. The zero-order valence-corrected chi connectivity index (χ0v) is 39.1. The van der Waals surface area contributed by atoms with E-state index in [1.807, 2.05) is 24.3 Å². The van der Waals surface area contributed by atoms with Crippen molar-refractivity contribution in [1.82, 2.24) is 9.80 Å². The molecule has 6 amide bonds. The maximum absolute atomic E-state index is 14.2. The van der Waals surface area contributed by atoms with Gasteiger partial charge in [-0.2, -0.15) is 20.3 Å². The zero-order chi connectivity index (χ0) is 47.5. The number of fused-ring (bicyclic) bond motifs is 8. The Labute approximate surface area is 400 Å². The third-order valence-corrected chi connectivity index (χ3v) is 16.6. The number of thiophene rings is 2. The molecule has 2 fully saturated rings. The van der Waals surface area contributed by atoms with Gasteiger partial charge in [0.25, 0.3) is 23.6 Å². The summed E-state index contributed by atoms with van der Waals surface area (Å²) in [7, 11) is 0. The second-order valence-corrected chi connectivity index (χ2v) is 20.3. The number of nitriles is 2. The molecule has 14 heteroatoms. The molecule has 0 unspecified atom stereocenters. The molecule has 4 aliphatic carbocycles. The van der Waals surface area contributed by atoms with Crippen molar-refractivity contribution in [3.63, 3.8) is 0 Å². The molecule has 0 radical (unpaired) electrons. The van der Waals surface area contributed by atoms with Gasteiger partial charge in [-0.25, -0.2) is 9.59 Å². The molecule has 2 saturated carbocycles. The first-order valence-electron chi connectivity index (χ1n) is 22.8. The SMILES string of the molecule is CC1=C(C#N)C(=O)N(C(=O)OCc2ccccc2)C(=O)/C1=C/c1cc2c(s1)C1=C(c3sc(/C=C4/C(=O)N(C(=O)OCc5ccccc5)C(=O)C(C#N)=C4C)cc3C13CCCCC3)C21CCCCC1. The first kappa shape index (κ1) is 44.6. The van der Waals surface area contributed by atoms with Crippen molar-refractivity contribution in [1.29, 1.82) is 10.5 Å². The van der Waals surface area contributed by atoms with Gasteiger partial charge in [0.2, 0.25) is 0 Å². The van der Waals surface area contributed by atoms with E-state index in [0.717, 1.165) is 74.0 Å². The summed E-state index contributed by atoms with van der Waals surface area (Å²) in [5, 5.41) is 20.2. The van der Waals surface area contributed by atoms with Crippen LogP contribution in [0.25, 0.3) is 23.3 Å². The molecule has 0 N–H and O–H groups in total. The van der Waals surface area contributed by atoms with Gasteiger partial charge in [0.1, 0.15) is 36.5 Å². The molecule has 4 aromatic rings. The molecule has 10 rings (SSSR count). The molecule has 0 atom stereocenters. The lowest BCUT2D eigenvalue weighted by Crippen LogP contribution is -2.46. The lowest BCUT2D eigenvalue weighted by molar-refractivity contribution is -0.140. The molecule has 2 aliphatic heterocycles. The lowest BCUT2D eigenvalue weighted by Gasteiger charge is -2.37. The number of hydrogen-bond donors (Lipinski definition) is 0. The fraction of sp³-hybridized carbons (Fsp3) is 0.296. The number of nitrogens with zero attached hydrogens (tertiary/aromatic N) is 4. The Kier molecular flexibility index (Phi) is 11.4. The Bertz CT molecular complexity index is 2930. The smallest absolute Gasteiger partial charge is 0.424 e. The fourth-order valence-electron chi connectivity index (χ4n) is 11.2. The van der Waals surface area contributed by atoms with E-state index in [-0.39, 0.29) is 57.5 Å². The molecule has 4 heterocycles. The van der Waals surface area contributed by atoms with Crippen LogP contribution in [0.2, 0.25) is 0 Å². The summed E-state index contributed by atoms with van der Waals surface area (Å²) in [6.45, 7) is 2.80. The summed E-state index contributed by atoms with van der Waals surface area (Å²) in [5.74, 6) is -3.73. The number of imide groups is 6. The van der Waals surface area contributed by atoms with Crippen molar-refractivity contribution in [3.05, 3.63) is 148 Å². The minimum Gasteiger partial charge on any atom is -0.444 e. The van der Waals surface area contributed by atoms with Crippen molar-refractivity contribution < 1.29 is 38.2 Å². The molecule has 0 bridgehead atoms. The summed E-state index contributed by atoms with van der Waals surface area (Å²) >= 11 is 3.18. The van der Waals surface area contributed by atoms with Crippen molar-refractivity contribution in [2.45, 2.75) is 102 Å². The number of rotatable bonds is 6. The summed E-state index contributed by atoms with van der Waals surface area (Å²) in [5.41, 5.74) is 5.66. The van der Waals surface area contributed by atoms with E-state index in [0.29, 0.717) is 20.9 Å². The summed E-state index contributed by atoms with van der Waals surface area (Å²) in [4.78, 5) is 86.8. The molecule has 68 heavy (non-hydrogen) atoms. The first-order valence-corrected chi connectivity index (χ1v) is 24.5. The average molecular weight is 941 g/mol. The average Bonchev–Trinajstić information content (AvgIpc) is 4.09. The molecule has 12 nitrogen and oxygen atoms in total. The van der Waals surface area contributed by atoms with Crippen LogP contribution in [0.1, 0.15) is 120 Å². The number of allylic oxidation sites excluding steroid dienone is 2. The molecule has 6 aliphatic rings. The largest absolute Gasteiger partial charge is 0.444 e. The number of amides is 6. The van der Waals surface area contributed by atoms with Crippen LogP contribution >= 0.6 is 22.7 Å². The normalized spacial score (nSPS) is 20.6. The lowest BCUT2D eigenvalue weighted by atomic mass is 9.67. The van der Waals surface area contributed by atoms with E-state index in [4.69, 9.17) is 9.47 Å². The minimum absolute atomic E-state index is 0.0751. The molecule has 2 spiro atoms. The van der Waals surface area contributed by atoms with Crippen LogP contribution in [-0.4, -0.2) is 45.6 Å². The fourth-order valence-corrected chi connectivity index (χ4v) is 13.9. The Balaban J connectivity index is 1.04. The maximum atomic E-state index is 14.2. The molecule has 0 saturated heterocycles. The molecule has 2 aromatic heterocycles. The highest BCUT2D eigenvalue weighted by Gasteiger charge is 2.58. The number of hydrogen-bond acceptors (Lipinski definition) is 12. The van der Waals surface area contributed by atoms with Gasteiger partial charge in [-0.15, -0.1) is 22.7 Å². The van der Waals surface area contributed by atoms with Crippen LogP contribution < -0.4 is 0 Å². The number of carbonyl (C=O) groups excluding carboxylic acids is 6. The maximum Gasteiger partial charge on any atom is 0.424 e. The molecule has 340 valence electrons. The highest BCUT2D eigenvalue weighted by atomic mass is 32.1. The van der Waals surface area contributed by atoms with E-state index in [1.165, 1.54) is 32.0 Å². The third-order valence-electron chi connectivity index (χ3n) is 14.4. The van der Waals surface area contributed by atoms with Crippen molar-refractivity contribution in [2.75, 3.05) is 0 Å². The summed E-state index contributed by atoms with van der Waals surface area (Å²) in [6.07, 6.45) is 11.0. The first-order chi connectivity index (χ1) is 32.9. The Hall–Kier alpha value is -7.26. The number of benzene rings is 2. The molecular formula is C54H44N4O8S2. The zero-order valence-electron chi connectivity index (χ0n) is 37.4. The Morgan fingerprint density at radius 3 is 1.31 bits per heavy atom. The van der Waals surface area contributed by atoms with Gasteiger partial charge in [-0.1, -0.05) is 99.2 Å². The van der Waals surface area contributed by atoms with Crippen LogP contribution in [0.4, 0.5) is 9.59 Å². The third kappa shape index (κ3) is 7.04. The highest BCUT2D eigenvalue weighted by Crippen LogP contribution is 2.71.